The summed E-state index contributed by atoms with van der Waals surface area (Å²) >= 11 is 0. The van der Waals surface area contributed by atoms with Crippen LogP contribution in [-0.4, -0.2) is 23.0 Å². The molecule has 0 amide bonds. The van der Waals surface area contributed by atoms with E-state index in [9.17, 15) is 5.11 Å². The minimum Gasteiger partial charge on any atom is -0.489 e. The molecule has 1 aliphatic heterocycles. The number of ether oxygens (including phenoxy) is 1. The van der Waals surface area contributed by atoms with E-state index in [1.165, 1.54) is 0 Å². The summed E-state index contributed by atoms with van der Waals surface area (Å²) in [6, 6.07) is 17.9. The lowest BCUT2D eigenvalue weighted by atomic mass is 9.85. The third-order valence-corrected chi connectivity index (χ3v) is 4.56. The highest BCUT2D eigenvalue weighted by Crippen LogP contribution is 2.33. The number of oxime groups is 1. The molecule has 1 unspecified atom stereocenters. The topological polar surface area (TPSA) is 51.0 Å². The van der Waals surface area contributed by atoms with Gasteiger partial charge in [-0.15, -0.1) is 0 Å². The Morgan fingerprint density at radius 2 is 1.83 bits per heavy atom. The summed E-state index contributed by atoms with van der Waals surface area (Å²) in [5, 5.41) is 13.8. The van der Waals surface area contributed by atoms with E-state index >= 15 is 0 Å². The molecular formula is C20H23NO3. The standard InChI is InChI=1S/C20H23NO3/c1-15(2)20(14-22)12-19(21-24-20)17-8-10-18(11-9-17)23-13-16-6-4-3-5-7-16/h3-11,15,22H,12-14H2,1-2H3. The van der Waals surface area contributed by atoms with Crippen LogP contribution in [0.3, 0.4) is 0 Å². The van der Waals surface area contributed by atoms with Gasteiger partial charge in [-0.3, -0.25) is 0 Å². The lowest BCUT2D eigenvalue weighted by molar-refractivity contribution is -0.0874. The normalized spacial score (nSPS) is 19.9. The maximum absolute atomic E-state index is 9.66. The number of hydrogen-bond donors (Lipinski definition) is 1. The van der Waals surface area contributed by atoms with E-state index in [0.29, 0.717) is 13.0 Å². The van der Waals surface area contributed by atoms with Gasteiger partial charge in [0.05, 0.1) is 12.3 Å². The van der Waals surface area contributed by atoms with Crippen LogP contribution in [0.25, 0.3) is 0 Å². The zero-order valence-corrected chi connectivity index (χ0v) is 14.1. The summed E-state index contributed by atoms with van der Waals surface area (Å²) in [6.07, 6.45) is 0.616. The van der Waals surface area contributed by atoms with Crippen LogP contribution in [0, 0.1) is 5.92 Å². The third-order valence-electron chi connectivity index (χ3n) is 4.56. The predicted octanol–water partition coefficient (Wildman–Crippen LogP) is 3.78. The van der Waals surface area contributed by atoms with Crippen LogP contribution in [0.1, 0.15) is 31.4 Å². The van der Waals surface area contributed by atoms with Crippen molar-refractivity contribution in [1.82, 2.24) is 0 Å². The number of aliphatic hydroxyl groups is 1. The molecule has 0 saturated carbocycles. The first kappa shape index (κ1) is 16.5. The summed E-state index contributed by atoms with van der Waals surface area (Å²) in [7, 11) is 0. The highest BCUT2D eigenvalue weighted by atomic mass is 16.7. The lowest BCUT2D eigenvalue weighted by Crippen LogP contribution is -2.39. The number of rotatable bonds is 6. The van der Waals surface area contributed by atoms with Crippen molar-refractivity contribution in [1.29, 1.82) is 0 Å². The minimum absolute atomic E-state index is 0.0318. The Morgan fingerprint density at radius 1 is 1.12 bits per heavy atom. The van der Waals surface area contributed by atoms with Crippen molar-refractivity contribution in [2.45, 2.75) is 32.5 Å². The van der Waals surface area contributed by atoms with Gasteiger partial charge in [0.25, 0.3) is 0 Å². The first-order valence-corrected chi connectivity index (χ1v) is 8.26. The molecule has 0 saturated heterocycles. The second kappa shape index (κ2) is 7.05. The van der Waals surface area contributed by atoms with E-state index in [1.807, 2.05) is 68.4 Å². The van der Waals surface area contributed by atoms with Gasteiger partial charge in [0.1, 0.15) is 12.4 Å². The molecule has 0 aromatic heterocycles. The van der Waals surface area contributed by atoms with Crippen molar-refractivity contribution >= 4 is 5.71 Å². The average Bonchev–Trinajstić information content (AvgIpc) is 3.07. The van der Waals surface area contributed by atoms with Crippen LogP contribution in [0.15, 0.2) is 59.8 Å². The summed E-state index contributed by atoms with van der Waals surface area (Å²) in [6.45, 7) is 4.59. The molecule has 3 rings (SSSR count). The van der Waals surface area contributed by atoms with Gasteiger partial charge in [-0.25, -0.2) is 0 Å². The second-order valence-corrected chi connectivity index (χ2v) is 6.48. The van der Waals surface area contributed by atoms with Crippen molar-refractivity contribution in [2.75, 3.05) is 6.61 Å². The van der Waals surface area contributed by atoms with Gasteiger partial charge in [-0.1, -0.05) is 49.3 Å². The van der Waals surface area contributed by atoms with E-state index in [4.69, 9.17) is 9.57 Å². The molecular weight excluding hydrogens is 302 g/mol. The van der Waals surface area contributed by atoms with Crippen LogP contribution in [0.2, 0.25) is 0 Å². The van der Waals surface area contributed by atoms with Crippen molar-refractivity contribution in [3.05, 3.63) is 65.7 Å². The zero-order valence-electron chi connectivity index (χ0n) is 14.1. The Kier molecular flexibility index (Phi) is 4.86. The Morgan fingerprint density at radius 3 is 2.42 bits per heavy atom. The van der Waals surface area contributed by atoms with Gasteiger partial charge < -0.3 is 14.7 Å². The molecule has 126 valence electrons. The van der Waals surface area contributed by atoms with E-state index in [2.05, 4.69) is 5.16 Å². The van der Waals surface area contributed by atoms with Gasteiger partial charge in [-0.2, -0.15) is 0 Å². The number of benzene rings is 2. The van der Waals surface area contributed by atoms with Crippen molar-refractivity contribution in [3.8, 4) is 5.75 Å². The molecule has 4 heteroatoms. The van der Waals surface area contributed by atoms with Crippen LogP contribution in [0.5, 0.6) is 5.75 Å². The fraction of sp³-hybridized carbons (Fsp3) is 0.350. The van der Waals surface area contributed by atoms with Crippen LogP contribution in [-0.2, 0) is 11.4 Å². The molecule has 2 aromatic carbocycles. The van der Waals surface area contributed by atoms with Gasteiger partial charge >= 0.3 is 0 Å². The maximum atomic E-state index is 9.66. The van der Waals surface area contributed by atoms with Crippen molar-refractivity contribution in [3.63, 3.8) is 0 Å². The zero-order chi connectivity index (χ0) is 17.0. The Bertz CT molecular complexity index is 695. The minimum atomic E-state index is -0.599. The van der Waals surface area contributed by atoms with E-state index < -0.39 is 5.60 Å². The molecule has 1 heterocycles. The Labute approximate surface area is 142 Å². The van der Waals surface area contributed by atoms with Gasteiger partial charge in [-0.05, 0) is 41.3 Å². The third kappa shape index (κ3) is 3.44. The van der Waals surface area contributed by atoms with Gasteiger partial charge in [0, 0.05) is 6.42 Å². The van der Waals surface area contributed by atoms with Crippen LogP contribution >= 0.6 is 0 Å². The Hall–Kier alpha value is -2.33. The summed E-state index contributed by atoms with van der Waals surface area (Å²) in [5.74, 6) is 1.01. The fourth-order valence-electron chi connectivity index (χ4n) is 2.71. The molecule has 1 N–H and O–H groups in total. The highest BCUT2D eigenvalue weighted by molar-refractivity contribution is 6.01. The SMILES string of the molecule is CC(C)C1(CO)CC(c2ccc(OCc3ccccc3)cc2)=NO1. The number of nitrogens with zero attached hydrogens (tertiary/aromatic N) is 1. The molecule has 4 nitrogen and oxygen atoms in total. The van der Waals surface area contributed by atoms with E-state index in [0.717, 1.165) is 22.6 Å². The number of hydrogen-bond acceptors (Lipinski definition) is 4. The lowest BCUT2D eigenvalue weighted by Gasteiger charge is -2.28. The van der Waals surface area contributed by atoms with Crippen LogP contribution < -0.4 is 4.74 Å². The molecule has 0 fully saturated rings. The molecule has 0 radical (unpaired) electrons. The first-order valence-electron chi connectivity index (χ1n) is 8.26. The first-order chi connectivity index (χ1) is 11.6. The summed E-state index contributed by atoms with van der Waals surface area (Å²) in [5.41, 5.74) is 2.41. The summed E-state index contributed by atoms with van der Waals surface area (Å²) in [4.78, 5) is 5.56. The maximum Gasteiger partial charge on any atom is 0.168 e. The van der Waals surface area contributed by atoms with Gasteiger partial charge in [0.2, 0.25) is 0 Å². The monoisotopic (exact) mass is 325 g/mol. The Balaban J connectivity index is 1.63. The fourth-order valence-corrected chi connectivity index (χ4v) is 2.71. The predicted molar refractivity (Wildman–Crippen MR) is 94.1 cm³/mol. The smallest absolute Gasteiger partial charge is 0.168 e. The molecule has 2 aromatic rings. The average molecular weight is 325 g/mol. The van der Waals surface area contributed by atoms with E-state index in [1.54, 1.807) is 0 Å². The quantitative estimate of drug-likeness (QED) is 0.879. The molecule has 1 aliphatic rings. The molecule has 0 aliphatic carbocycles. The van der Waals surface area contributed by atoms with E-state index in [-0.39, 0.29) is 12.5 Å². The molecule has 24 heavy (non-hydrogen) atoms. The largest absolute Gasteiger partial charge is 0.489 e. The molecule has 0 bridgehead atoms. The van der Waals surface area contributed by atoms with Gasteiger partial charge in [0.15, 0.2) is 5.60 Å². The molecule has 0 spiro atoms. The second-order valence-electron chi connectivity index (χ2n) is 6.48. The van der Waals surface area contributed by atoms with Crippen molar-refractivity contribution < 1.29 is 14.7 Å². The van der Waals surface area contributed by atoms with Crippen LogP contribution in [0.4, 0.5) is 0 Å². The number of aliphatic hydroxyl groups excluding tert-OH is 1. The highest BCUT2D eigenvalue weighted by Gasteiger charge is 2.42. The summed E-state index contributed by atoms with van der Waals surface area (Å²) < 4.78 is 5.80. The van der Waals surface area contributed by atoms with Crippen molar-refractivity contribution in [2.24, 2.45) is 11.1 Å². The molecule has 1 atom stereocenters.